The number of hydrogen-bond donors (Lipinski definition) is 22. The lowest BCUT2D eigenvalue weighted by molar-refractivity contribution is -0.141. The number of aliphatic hydroxyl groups is 1. The first-order valence-electron chi connectivity index (χ1n) is 41.9. The van der Waals surface area contributed by atoms with E-state index in [-0.39, 0.29) is 83.1 Å². The van der Waals surface area contributed by atoms with Gasteiger partial charge in [0.25, 0.3) is 0 Å². The minimum absolute atomic E-state index is 0.0140. The third-order valence-corrected chi connectivity index (χ3v) is 22.5. The van der Waals surface area contributed by atoms with Gasteiger partial charge in [-0.25, -0.2) is 0 Å². The molecule has 125 heavy (non-hydrogen) atoms. The summed E-state index contributed by atoms with van der Waals surface area (Å²) in [5, 5.41) is 68.4. The van der Waals surface area contributed by atoms with Crippen molar-refractivity contribution in [3.8, 4) is 0 Å². The molecule has 1 aliphatic heterocycles. The van der Waals surface area contributed by atoms with Crippen LogP contribution in [0.5, 0.6) is 0 Å². The first-order valence-corrected chi connectivity index (χ1v) is 43.0. The van der Waals surface area contributed by atoms with Gasteiger partial charge in [-0.3, -0.25) is 77.3 Å². The third-order valence-electron chi connectivity index (χ3n) is 21.4. The number of thioether (sulfide) groups is 1. The largest absolute Gasteiger partial charge is 0.481 e. The van der Waals surface area contributed by atoms with Gasteiger partial charge in [-0.2, -0.15) is 0 Å². The van der Waals surface area contributed by atoms with Crippen LogP contribution in [0.15, 0.2) is 134 Å². The fourth-order valence-electron chi connectivity index (χ4n) is 14.3. The van der Waals surface area contributed by atoms with Gasteiger partial charge < -0.3 is 112 Å². The smallest absolute Gasteiger partial charge is 0.305 e. The number of carboxylic acids is 1. The monoisotopic (exact) mass is 1740 g/mol. The van der Waals surface area contributed by atoms with Crippen molar-refractivity contribution in [1.29, 1.82) is 5.41 Å². The number of H-pyrrole nitrogens is 2. The average Bonchev–Trinajstić information content (AvgIpc) is 1.69. The lowest BCUT2D eigenvalue weighted by Gasteiger charge is -2.29. The molecular formula is C87H116N20O17S. The molecular weight excluding hydrogens is 1630 g/mol. The summed E-state index contributed by atoms with van der Waals surface area (Å²) in [7, 11) is 0. The molecule has 672 valence electrons. The highest BCUT2D eigenvalue weighted by molar-refractivity contribution is 8.00. The molecule has 0 unspecified atom stereocenters. The Morgan fingerprint density at radius 3 is 1.50 bits per heavy atom. The number of aliphatic carboxylic acids is 1. The lowest BCUT2D eigenvalue weighted by Crippen LogP contribution is -2.61. The Labute approximate surface area is 727 Å². The van der Waals surface area contributed by atoms with Crippen molar-refractivity contribution < 1.29 is 82.1 Å². The number of aromatic nitrogens is 2. The number of carboxylic acid groups (broad SMARTS) is 1. The number of primary amides is 1. The fraction of sp³-hybridized carbons (Fsp3) is 0.448. The van der Waals surface area contributed by atoms with Crippen LogP contribution in [-0.2, 0) is 97.6 Å². The first kappa shape index (κ1) is 97.5. The molecule has 0 aliphatic carbocycles. The molecule has 25 N–H and O–H groups in total. The van der Waals surface area contributed by atoms with Crippen LogP contribution in [-0.4, -0.2) is 225 Å². The topological polar surface area (TPSA) is 598 Å². The van der Waals surface area contributed by atoms with Crippen molar-refractivity contribution in [2.45, 2.75) is 197 Å². The Kier molecular flexibility index (Phi) is 38.0. The molecule has 7 aromatic rings. The van der Waals surface area contributed by atoms with Crippen molar-refractivity contribution in [3.05, 3.63) is 156 Å². The molecule has 38 heteroatoms. The predicted molar refractivity (Wildman–Crippen MR) is 470 cm³/mol. The van der Waals surface area contributed by atoms with E-state index < -0.39 is 204 Å². The van der Waals surface area contributed by atoms with Gasteiger partial charge in [0, 0.05) is 72.2 Å². The highest BCUT2D eigenvalue weighted by Crippen LogP contribution is 2.24. The lowest BCUT2D eigenvalue weighted by atomic mass is 9.96. The van der Waals surface area contributed by atoms with Crippen LogP contribution in [0, 0.1) is 17.2 Å². The van der Waals surface area contributed by atoms with Crippen molar-refractivity contribution in [2.24, 2.45) is 29.0 Å². The minimum Gasteiger partial charge on any atom is -0.481 e. The maximum atomic E-state index is 15.2. The number of nitrogens with one attached hydrogen (secondary N) is 17. The van der Waals surface area contributed by atoms with Gasteiger partial charge in [-0.05, 0) is 102 Å². The Bertz CT molecular complexity index is 4950. The molecule has 1 fully saturated rings. The van der Waals surface area contributed by atoms with E-state index in [0.29, 0.717) is 63.3 Å². The van der Waals surface area contributed by atoms with E-state index in [1.807, 2.05) is 43.3 Å². The van der Waals surface area contributed by atoms with Gasteiger partial charge in [0.05, 0.1) is 25.3 Å². The molecule has 0 bridgehead atoms. The second-order valence-electron chi connectivity index (χ2n) is 31.4. The molecule has 3 heterocycles. The number of unbranched alkanes of at least 4 members (excludes halogenated alkanes) is 2. The number of aromatic amines is 2. The Hall–Kier alpha value is -13.0. The van der Waals surface area contributed by atoms with Gasteiger partial charge in [-0.15, -0.1) is 11.8 Å². The number of aliphatic hydroxyl groups excluding tert-OH is 1. The zero-order valence-corrected chi connectivity index (χ0v) is 71.4. The molecule has 2 aromatic heterocycles. The van der Waals surface area contributed by atoms with Crippen molar-refractivity contribution in [2.75, 3.05) is 37.7 Å². The van der Waals surface area contributed by atoms with E-state index in [4.69, 9.17) is 22.6 Å². The fourth-order valence-corrected chi connectivity index (χ4v) is 15.2. The number of amides is 14. The van der Waals surface area contributed by atoms with Crippen LogP contribution in [0.3, 0.4) is 0 Å². The number of hydrogen-bond acceptors (Lipinski definition) is 19. The molecule has 0 radical (unpaired) electrons. The number of nitrogens with two attached hydrogens (primary N) is 3. The van der Waals surface area contributed by atoms with Gasteiger partial charge >= 0.3 is 5.97 Å². The zero-order valence-electron chi connectivity index (χ0n) is 70.6. The molecule has 0 spiro atoms. The molecule has 13 atom stereocenters. The number of fused-ring (bicyclic) bond motifs is 3. The van der Waals surface area contributed by atoms with Crippen molar-refractivity contribution >= 4 is 139 Å². The van der Waals surface area contributed by atoms with Crippen molar-refractivity contribution in [1.82, 2.24) is 84.4 Å². The van der Waals surface area contributed by atoms with Crippen LogP contribution in [0.4, 0.5) is 0 Å². The molecule has 5 aromatic carbocycles. The predicted octanol–water partition coefficient (Wildman–Crippen LogP) is -0.00953. The molecule has 14 amide bonds. The third kappa shape index (κ3) is 29.9. The van der Waals surface area contributed by atoms with Gasteiger partial charge in [-0.1, -0.05) is 163 Å². The number of carbonyl (C=O) groups excluding carboxylic acids is 14. The second kappa shape index (κ2) is 48.8. The number of benzene rings is 5. The zero-order chi connectivity index (χ0) is 90.8. The van der Waals surface area contributed by atoms with Gasteiger partial charge in [0.1, 0.15) is 72.5 Å². The van der Waals surface area contributed by atoms with E-state index in [0.717, 1.165) is 22.5 Å². The maximum Gasteiger partial charge on any atom is 0.305 e. The summed E-state index contributed by atoms with van der Waals surface area (Å²) in [6.07, 6.45) is 2.52. The number of carbonyl (C=O) groups is 15. The normalized spacial score (nSPS) is 22.8. The van der Waals surface area contributed by atoms with E-state index in [9.17, 15) is 58.2 Å². The highest BCUT2D eigenvalue weighted by Gasteiger charge is 2.39. The highest BCUT2D eigenvalue weighted by atomic mass is 32.2. The van der Waals surface area contributed by atoms with Crippen LogP contribution >= 0.6 is 11.8 Å². The Morgan fingerprint density at radius 1 is 0.480 bits per heavy atom. The van der Waals surface area contributed by atoms with E-state index in [1.54, 1.807) is 125 Å². The second-order valence-corrected chi connectivity index (χ2v) is 32.4. The molecule has 37 nitrogen and oxygen atoms in total. The molecule has 1 saturated heterocycles. The molecule has 1 aliphatic rings. The van der Waals surface area contributed by atoms with Crippen LogP contribution in [0.2, 0.25) is 0 Å². The maximum absolute atomic E-state index is 15.2. The summed E-state index contributed by atoms with van der Waals surface area (Å²) in [4.78, 5) is 224. The standard InChI is InChI=1S/C87H116N20O17S/c1-6-8-27-61-78(116)98-62(30-18-19-34-88)79(117)101-66(40-55-43-94-59-29-17-15-26-57(55)59)84(122)106-73(48(3)4)85(123)105-69(75(89)113)46-125-47-71(110)97-63(37-50-21-10-9-11-22-50)80(118)100-64(38-51-32-33-52-23-12-13-24-53(52)36-51)83(121)107-74(49(5)7-2)86(124)104-68(45-108)76(114)95-44-70(109)96-60(31-20-35-92-87(90)91)77(115)103-67(41-72(111)112)82(120)102-65(81(119)99-61)39-54-42-93-58-28-16-14-25-56(54)58/h9-17,21-26,28-29,32-33,36,42-43,48-49,60-69,73-74,93-94,108H,6-8,18-20,27,30-31,34-35,37-41,44-47,88H2,1-5H3,(H2,89,113)(H,95,114)(H,96,109)(H,97,110)(H,98,116)(H,99,119)(H,100,118)(H,101,117)(H,102,120)(H,103,115)(H,104,124)(H,105,123)(H,106,122)(H,107,121)(H,111,112)(H4,90,91,92)/t49-,60-,61-,62+,63-,64-,65-,66-,67-,68-,69-,73-,74+/m0/s1. The van der Waals surface area contributed by atoms with E-state index >= 15 is 24.0 Å². The van der Waals surface area contributed by atoms with Gasteiger partial charge in [0.15, 0.2) is 5.96 Å². The minimum atomic E-state index is -2.01. The van der Waals surface area contributed by atoms with Crippen LogP contribution in [0.1, 0.15) is 121 Å². The summed E-state index contributed by atoms with van der Waals surface area (Å²) in [6, 6.07) is 16.6. The van der Waals surface area contributed by atoms with E-state index in [2.05, 4.69) is 84.4 Å². The quantitative estimate of drug-likeness (QED) is 0.0193. The van der Waals surface area contributed by atoms with Gasteiger partial charge in [0.2, 0.25) is 82.7 Å². The SMILES string of the molecule is CCCC[C@@H]1NC(=O)[C@H](Cc2c[nH]c3ccccc23)NC(=O)[C@H](CC(=O)O)NC(=O)[C@H](CCCNC(=N)N)NC(=O)CNC(=O)[C@H](CO)NC(=O)[C@@H]([C@@H](C)CC)NC(=O)[C@H](Cc2ccc3ccccc3c2)NC(=O)[C@H](Cc2ccccc2)NC(=O)CSC[C@@H](C(N)=O)NC(=O)[C@H](C(C)C)NC(=O)[C@H](Cc2c[nH]c3ccccc23)NC(=O)[C@@H](CCCCN)NC1=O. The summed E-state index contributed by atoms with van der Waals surface area (Å²) < 4.78 is 0. The van der Waals surface area contributed by atoms with Crippen LogP contribution < -0.4 is 91.6 Å². The summed E-state index contributed by atoms with van der Waals surface area (Å²) in [6.45, 7) is 6.51. The first-order chi connectivity index (χ1) is 59.9. The Balaban J connectivity index is 1.16. The van der Waals surface area contributed by atoms with E-state index in [1.165, 1.54) is 0 Å². The summed E-state index contributed by atoms with van der Waals surface area (Å²) in [5.41, 5.74) is 20.9. The number of guanidine groups is 1. The van der Waals surface area contributed by atoms with Crippen LogP contribution in [0.25, 0.3) is 32.6 Å². The number of para-hydroxylation sites is 2. The molecule has 8 rings (SSSR count). The average molecular weight is 1750 g/mol. The molecule has 0 saturated carbocycles. The van der Waals surface area contributed by atoms with Crippen molar-refractivity contribution in [3.63, 3.8) is 0 Å². The number of rotatable bonds is 26. The summed E-state index contributed by atoms with van der Waals surface area (Å²) >= 11 is 0.860. The summed E-state index contributed by atoms with van der Waals surface area (Å²) in [5.74, 6) is -17.8. The Morgan fingerprint density at radius 2 is 0.944 bits per heavy atom.